The number of hydrogen-bond donors (Lipinski definition) is 1. The number of likely N-dealkylation sites (tertiary alicyclic amines) is 1. The smallest absolute Gasteiger partial charge is 0.411 e. The van der Waals surface area contributed by atoms with Gasteiger partial charge in [-0.05, 0) is 68.7 Å². The maximum absolute atomic E-state index is 13.1. The molecule has 0 unspecified atom stereocenters. The number of H-pyrrole nitrogens is 1. The fourth-order valence-electron chi connectivity index (χ4n) is 3.68. The molecule has 0 bridgehead atoms. The second-order valence-corrected chi connectivity index (χ2v) is 16.1. The Labute approximate surface area is 199 Å². The van der Waals surface area contributed by atoms with Gasteiger partial charge in [0.1, 0.15) is 17.2 Å². The number of imidazole rings is 1. The highest BCUT2D eigenvalue weighted by Crippen LogP contribution is 2.41. The lowest BCUT2D eigenvalue weighted by atomic mass is 10.1. The van der Waals surface area contributed by atoms with Gasteiger partial charge in [-0.25, -0.2) is 9.78 Å². The van der Waals surface area contributed by atoms with Gasteiger partial charge in [-0.1, -0.05) is 20.8 Å². The number of ether oxygens (including phenoxy) is 2. The maximum Gasteiger partial charge on any atom is 0.411 e. The maximum atomic E-state index is 13.1. The SMILES string of the molecule is COc1ccc(-c2cnc([C@@H]3C[C@@H](O[Si](C)(C)C(C)(C)C)CN3C(=O)OC(C)(C)C)[nH]2)cc1. The van der Waals surface area contributed by atoms with E-state index >= 15 is 0 Å². The zero-order valence-corrected chi connectivity index (χ0v) is 22.5. The van der Waals surface area contributed by atoms with Gasteiger partial charge < -0.3 is 18.9 Å². The summed E-state index contributed by atoms with van der Waals surface area (Å²) in [5.41, 5.74) is 1.33. The van der Waals surface area contributed by atoms with Crippen molar-refractivity contribution in [3.05, 3.63) is 36.3 Å². The molecule has 1 aromatic heterocycles. The molecule has 7 nitrogen and oxygen atoms in total. The minimum absolute atomic E-state index is 0.0575. The Morgan fingerprint density at radius 1 is 1.12 bits per heavy atom. The average molecular weight is 474 g/mol. The van der Waals surface area contributed by atoms with Crippen molar-refractivity contribution in [3.63, 3.8) is 0 Å². The molecule has 0 saturated carbocycles. The molecule has 33 heavy (non-hydrogen) atoms. The predicted molar refractivity (Wildman–Crippen MR) is 133 cm³/mol. The van der Waals surface area contributed by atoms with Gasteiger partial charge in [0.05, 0.1) is 31.1 Å². The molecule has 1 amide bonds. The highest BCUT2D eigenvalue weighted by molar-refractivity contribution is 6.74. The van der Waals surface area contributed by atoms with Crippen molar-refractivity contribution in [2.75, 3.05) is 13.7 Å². The van der Waals surface area contributed by atoms with Crippen molar-refractivity contribution in [3.8, 4) is 17.0 Å². The molecular weight excluding hydrogens is 434 g/mol. The predicted octanol–water partition coefficient (Wildman–Crippen LogP) is 6.16. The van der Waals surface area contributed by atoms with Crippen LogP contribution in [0.1, 0.15) is 59.8 Å². The first kappa shape index (κ1) is 25.3. The highest BCUT2D eigenvalue weighted by Gasteiger charge is 2.45. The van der Waals surface area contributed by atoms with E-state index in [9.17, 15) is 4.79 Å². The quantitative estimate of drug-likeness (QED) is 0.527. The van der Waals surface area contributed by atoms with Gasteiger partial charge in [0.25, 0.3) is 0 Å². The van der Waals surface area contributed by atoms with E-state index in [2.05, 4.69) is 43.8 Å². The number of methoxy groups -OCH3 is 1. The van der Waals surface area contributed by atoms with E-state index in [1.54, 1.807) is 12.0 Å². The molecule has 8 heteroatoms. The normalized spacial score (nSPS) is 19.6. The molecule has 1 aromatic carbocycles. The third-order valence-electron chi connectivity index (χ3n) is 6.47. The summed E-state index contributed by atoms with van der Waals surface area (Å²) in [6.45, 7) is 17.3. The van der Waals surface area contributed by atoms with Crippen molar-refractivity contribution in [2.24, 2.45) is 0 Å². The van der Waals surface area contributed by atoms with Gasteiger partial charge >= 0.3 is 6.09 Å². The summed E-state index contributed by atoms with van der Waals surface area (Å²) in [4.78, 5) is 22.9. The number of nitrogens with one attached hydrogen (secondary N) is 1. The van der Waals surface area contributed by atoms with E-state index in [-0.39, 0.29) is 23.3 Å². The van der Waals surface area contributed by atoms with Gasteiger partial charge in [-0.3, -0.25) is 4.90 Å². The Morgan fingerprint density at radius 3 is 2.30 bits per heavy atom. The zero-order valence-electron chi connectivity index (χ0n) is 21.5. The molecule has 0 aliphatic carbocycles. The fourth-order valence-corrected chi connectivity index (χ4v) is 5.04. The fraction of sp³-hybridized carbons (Fsp3) is 0.600. The average Bonchev–Trinajstić information content (AvgIpc) is 3.32. The van der Waals surface area contributed by atoms with Crippen LogP contribution < -0.4 is 4.74 Å². The number of carbonyl (C=O) groups is 1. The first-order valence-electron chi connectivity index (χ1n) is 11.6. The van der Waals surface area contributed by atoms with E-state index in [1.165, 1.54) is 0 Å². The van der Waals surface area contributed by atoms with Crippen molar-refractivity contribution < 1.29 is 18.7 Å². The summed E-state index contributed by atoms with van der Waals surface area (Å²) in [7, 11) is -0.340. The Hall–Kier alpha value is -2.32. The van der Waals surface area contributed by atoms with Crippen LogP contribution in [-0.2, 0) is 9.16 Å². The Kier molecular flexibility index (Phi) is 7.01. The monoisotopic (exact) mass is 473 g/mol. The second-order valence-electron chi connectivity index (χ2n) is 11.3. The highest BCUT2D eigenvalue weighted by atomic mass is 28.4. The molecule has 0 spiro atoms. The van der Waals surface area contributed by atoms with Crippen LogP contribution in [0.4, 0.5) is 4.79 Å². The number of carbonyl (C=O) groups excluding carboxylic acids is 1. The van der Waals surface area contributed by atoms with Gasteiger partial charge in [-0.2, -0.15) is 0 Å². The van der Waals surface area contributed by atoms with Crippen LogP contribution in [-0.4, -0.2) is 54.6 Å². The third-order valence-corrected chi connectivity index (χ3v) is 11.0. The minimum Gasteiger partial charge on any atom is -0.497 e. The van der Waals surface area contributed by atoms with Crippen LogP contribution in [0.15, 0.2) is 30.5 Å². The minimum atomic E-state index is -1.99. The second kappa shape index (κ2) is 9.14. The summed E-state index contributed by atoms with van der Waals surface area (Å²) in [5, 5.41) is 0.0913. The first-order chi connectivity index (χ1) is 15.2. The van der Waals surface area contributed by atoms with Gasteiger partial charge in [0, 0.05) is 13.0 Å². The molecular formula is C25H39N3O4Si. The lowest BCUT2D eigenvalue weighted by molar-refractivity contribution is 0.0203. The number of nitrogens with zero attached hydrogens (tertiary/aromatic N) is 2. The molecule has 1 N–H and O–H groups in total. The summed E-state index contributed by atoms with van der Waals surface area (Å²) in [6.07, 6.45) is 2.10. The summed E-state index contributed by atoms with van der Waals surface area (Å²) >= 11 is 0. The molecule has 182 valence electrons. The number of aromatic amines is 1. The third kappa shape index (κ3) is 5.98. The molecule has 2 aromatic rings. The van der Waals surface area contributed by atoms with Crippen LogP contribution >= 0.6 is 0 Å². The summed E-state index contributed by atoms with van der Waals surface area (Å²) < 4.78 is 17.7. The number of hydrogen-bond acceptors (Lipinski definition) is 5. The van der Waals surface area contributed by atoms with Gasteiger partial charge in [-0.15, -0.1) is 0 Å². The topological polar surface area (TPSA) is 76.7 Å². The summed E-state index contributed by atoms with van der Waals surface area (Å²) in [5.74, 6) is 1.55. The molecule has 1 aliphatic rings. The van der Waals surface area contributed by atoms with E-state index in [0.29, 0.717) is 13.0 Å². The summed E-state index contributed by atoms with van der Waals surface area (Å²) in [6, 6.07) is 7.57. The Balaban J connectivity index is 1.86. The van der Waals surface area contributed by atoms with Crippen molar-refractivity contribution in [1.82, 2.24) is 14.9 Å². The molecule has 2 atom stereocenters. The van der Waals surface area contributed by atoms with Gasteiger partial charge in [0.15, 0.2) is 8.32 Å². The lowest BCUT2D eigenvalue weighted by Crippen LogP contribution is -2.45. The molecule has 0 radical (unpaired) electrons. The molecule has 1 aliphatic heterocycles. The molecule has 1 saturated heterocycles. The standard InChI is InChI=1S/C25H39N3O4Si/c1-24(2,3)31-23(29)28-16-19(32-33(8,9)25(4,5)6)14-21(28)22-26-15-20(27-22)17-10-12-18(30-7)13-11-17/h10-13,15,19,21H,14,16H2,1-9H3,(H,26,27)/t19-,21+/m1/s1. The van der Waals surface area contributed by atoms with Crippen molar-refractivity contribution in [1.29, 1.82) is 0 Å². The molecule has 2 heterocycles. The van der Waals surface area contributed by atoms with E-state index in [1.807, 2.05) is 51.2 Å². The first-order valence-corrected chi connectivity index (χ1v) is 14.5. The Bertz CT molecular complexity index is 957. The number of aromatic nitrogens is 2. The van der Waals surface area contributed by atoms with Crippen LogP contribution in [0.3, 0.4) is 0 Å². The number of benzene rings is 1. The van der Waals surface area contributed by atoms with E-state index in [0.717, 1.165) is 22.8 Å². The van der Waals surface area contributed by atoms with Crippen molar-refractivity contribution >= 4 is 14.4 Å². The van der Waals surface area contributed by atoms with Crippen LogP contribution in [0.25, 0.3) is 11.3 Å². The largest absolute Gasteiger partial charge is 0.497 e. The van der Waals surface area contributed by atoms with Gasteiger partial charge in [0.2, 0.25) is 0 Å². The lowest BCUT2D eigenvalue weighted by Gasteiger charge is -2.38. The van der Waals surface area contributed by atoms with Crippen molar-refractivity contribution in [2.45, 2.75) is 83.8 Å². The van der Waals surface area contributed by atoms with Crippen LogP contribution in [0, 0.1) is 0 Å². The molecule has 3 rings (SSSR count). The zero-order chi connectivity index (χ0) is 24.6. The number of amides is 1. The van der Waals surface area contributed by atoms with Crippen LogP contribution in [0.2, 0.25) is 18.1 Å². The number of rotatable bonds is 5. The Morgan fingerprint density at radius 2 is 1.76 bits per heavy atom. The molecule has 1 fully saturated rings. The van der Waals surface area contributed by atoms with E-state index < -0.39 is 13.9 Å². The van der Waals surface area contributed by atoms with Crippen LogP contribution in [0.5, 0.6) is 5.75 Å². The van der Waals surface area contributed by atoms with E-state index in [4.69, 9.17) is 13.9 Å².